The van der Waals surface area contributed by atoms with Crippen LogP contribution in [0.1, 0.15) is 50.5 Å². The Kier molecular flexibility index (Phi) is 4.89. The lowest BCUT2D eigenvalue weighted by Crippen LogP contribution is -2.21. The molecule has 2 aromatic rings. The van der Waals surface area contributed by atoms with Crippen LogP contribution in [0.4, 0.5) is 0 Å². The van der Waals surface area contributed by atoms with Crippen LogP contribution in [0, 0.1) is 6.92 Å². The minimum Gasteiger partial charge on any atom is -0.458 e. The number of halogens is 1. The van der Waals surface area contributed by atoms with E-state index < -0.39 is 0 Å². The zero-order chi connectivity index (χ0) is 13.8. The molecule has 1 atom stereocenters. The van der Waals surface area contributed by atoms with E-state index in [-0.39, 0.29) is 6.04 Å². The van der Waals surface area contributed by atoms with Gasteiger partial charge in [-0.3, -0.25) is 0 Å². The van der Waals surface area contributed by atoms with Crippen molar-refractivity contribution in [3.63, 3.8) is 0 Å². The number of nitrogens with one attached hydrogen (secondary N) is 1. The van der Waals surface area contributed by atoms with E-state index in [0.717, 1.165) is 42.5 Å². The Labute approximate surface area is 120 Å². The first-order valence-electron chi connectivity index (χ1n) is 7.08. The van der Waals surface area contributed by atoms with Crippen molar-refractivity contribution < 1.29 is 4.42 Å². The van der Waals surface area contributed by atoms with Gasteiger partial charge in [-0.1, -0.05) is 31.9 Å². The Morgan fingerprint density at radius 2 is 2.00 bits per heavy atom. The molecule has 3 heteroatoms. The highest BCUT2D eigenvalue weighted by Crippen LogP contribution is 2.32. The highest BCUT2D eigenvalue weighted by Gasteiger charge is 2.16. The molecular weight excluding hydrogens is 258 g/mol. The van der Waals surface area contributed by atoms with Crippen LogP contribution in [0.25, 0.3) is 11.0 Å². The summed E-state index contributed by atoms with van der Waals surface area (Å²) in [7, 11) is 0. The first-order chi connectivity index (χ1) is 9.15. The monoisotopic (exact) mass is 279 g/mol. The average Bonchev–Trinajstić information content (AvgIpc) is 2.78. The first-order valence-corrected chi connectivity index (χ1v) is 7.46. The smallest absolute Gasteiger partial charge is 0.152 e. The fraction of sp³-hybridized carbons (Fsp3) is 0.500. The van der Waals surface area contributed by atoms with E-state index in [1.54, 1.807) is 0 Å². The number of hydrogen-bond acceptors (Lipinski definition) is 2. The molecule has 1 aromatic heterocycles. The van der Waals surface area contributed by atoms with Gasteiger partial charge in [0.2, 0.25) is 0 Å². The van der Waals surface area contributed by atoms with E-state index in [0.29, 0.717) is 5.02 Å². The normalized spacial score (nSPS) is 13.1. The molecule has 104 valence electrons. The third-order valence-corrected chi connectivity index (χ3v) is 3.58. The van der Waals surface area contributed by atoms with Gasteiger partial charge in [0.05, 0.1) is 11.1 Å². The van der Waals surface area contributed by atoms with Crippen LogP contribution in [-0.4, -0.2) is 6.54 Å². The van der Waals surface area contributed by atoms with E-state index in [9.17, 15) is 0 Å². The van der Waals surface area contributed by atoms with E-state index in [1.165, 1.54) is 5.56 Å². The molecule has 0 bridgehead atoms. The molecular formula is C16H22ClNO. The molecule has 1 unspecified atom stereocenters. The second-order valence-corrected chi connectivity index (χ2v) is 5.52. The highest BCUT2D eigenvalue weighted by molar-refractivity contribution is 6.34. The minimum absolute atomic E-state index is 0.286. The maximum absolute atomic E-state index is 6.25. The predicted molar refractivity (Wildman–Crippen MR) is 81.9 cm³/mol. The fourth-order valence-corrected chi connectivity index (χ4v) is 2.71. The summed E-state index contributed by atoms with van der Waals surface area (Å²) in [5, 5.41) is 5.34. The van der Waals surface area contributed by atoms with Crippen molar-refractivity contribution in [1.29, 1.82) is 0 Å². The first kappa shape index (κ1) is 14.4. The summed E-state index contributed by atoms with van der Waals surface area (Å²) in [4.78, 5) is 0. The molecule has 0 aliphatic carbocycles. The van der Waals surface area contributed by atoms with Gasteiger partial charge in [-0.25, -0.2) is 0 Å². The molecule has 0 spiro atoms. The number of aryl methyl sites for hydroxylation is 1. The highest BCUT2D eigenvalue weighted by atomic mass is 35.5. The fourth-order valence-electron chi connectivity index (χ4n) is 2.40. The van der Waals surface area contributed by atoms with Crippen molar-refractivity contribution in [3.8, 4) is 0 Å². The lowest BCUT2D eigenvalue weighted by atomic mass is 10.1. The molecule has 0 amide bonds. The van der Waals surface area contributed by atoms with Gasteiger partial charge in [0.1, 0.15) is 5.76 Å². The molecule has 0 aliphatic rings. The summed E-state index contributed by atoms with van der Waals surface area (Å²) in [6, 6.07) is 6.48. The van der Waals surface area contributed by atoms with Gasteiger partial charge in [-0.15, -0.1) is 0 Å². The number of furan rings is 1. The average molecular weight is 280 g/mol. The Balaban J connectivity index is 2.34. The summed E-state index contributed by atoms with van der Waals surface area (Å²) < 4.78 is 5.97. The van der Waals surface area contributed by atoms with Crippen molar-refractivity contribution in [1.82, 2.24) is 5.32 Å². The molecule has 1 aromatic carbocycles. The third kappa shape index (κ3) is 3.31. The van der Waals surface area contributed by atoms with Gasteiger partial charge in [0.15, 0.2) is 5.58 Å². The molecule has 1 heterocycles. The lowest BCUT2D eigenvalue weighted by Gasteiger charge is -2.14. The number of benzene rings is 1. The Morgan fingerprint density at radius 3 is 2.68 bits per heavy atom. The molecule has 0 aliphatic heterocycles. The number of hydrogen-bond donors (Lipinski definition) is 1. The van der Waals surface area contributed by atoms with Gasteiger partial charge in [0.25, 0.3) is 0 Å². The van der Waals surface area contributed by atoms with Gasteiger partial charge in [0, 0.05) is 5.39 Å². The van der Waals surface area contributed by atoms with Crippen LogP contribution in [0.3, 0.4) is 0 Å². The van der Waals surface area contributed by atoms with Crippen LogP contribution in [0.5, 0.6) is 0 Å². The molecule has 0 radical (unpaired) electrons. The maximum atomic E-state index is 6.25. The van der Waals surface area contributed by atoms with Crippen LogP contribution in [-0.2, 0) is 0 Å². The minimum atomic E-state index is 0.286. The molecule has 0 saturated carbocycles. The zero-order valence-electron chi connectivity index (χ0n) is 11.9. The summed E-state index contributed by atoms with van der Waals surface area (Å²) in [6.45, 7) is 7.43. The van der Waals surface area contributed by atoms with Gasteiger partial charge in [-0.2, -0.15) is 0 Å². The summed E-state index contributed by atoms with van der Waals surface area (Å²) in [5.74, 6) is 0.998. The van der Waals surface area contributed by atoms with Crippen molar-refractivity contribution in [2.45, 2.75) is 46.1 Å². The second-order valence-electron chi connectivity index (χ2n) is 5.11. The lowest BCUT2D eigenvalue weighted by molar-refractivity contribution is 0.408. The van der Waals surface area contributed by atoms with Crippen molar-refractivity contribution in [2.75, 3.05) is 6.54 Å². The predicted octanol–water partition coefficient (Wildman–Crippen LogP) is 5.24. The maximum Gasteiger partial charge on any atom is 0.152 e. The summed E-state index contributed by atoms with van der Waals surface area (Å²) in [6.07, 6.45) is 3.34. The Morgan fingerprint density at radius 1 is 1.21 bits per heavy atom. The quantitative estimate of drug-likeness (QED) is 0.783. The summed E-state index contributed by atoms with van der Waals surface area (Å²) >= 11 is 6.25. The van der Waals surface area contributed by atoms with E-state index >= 15 is 0 Å². The SMILES string of the molecule is CCCNC(CCC)c1cc2cc(C)cc(Cl)c2o1. The van der Waals surface area contributed by atoms with Gasteiger partial charge >= 0.3 is 0 Å². The standard InChI is InChI=1S/C16H22ClNO/c1-4-6-14(18-7-5-2)15-10-12-8-11(3)9-13(17)16(12)19-15/h8-10,14,18H,4-7H2,1-3H3. The van der Waals surface area contributed by atoms with Crippen LogP contribution >= 0.6 is 11.6 Å². The Bertz CT molecular complexity index is 547. The van der Waals surface area contributed by atoms with Gasteiger partial charge < -0.3 is 9.73 Å². The van der Waals surface area contributed by atoms with Crippen molar-refractivity contribution >= 4 is 22.6 Å². The topological polar surface area (TPSA) is 25.2 Å². The molecule has 2 nitrogen and oxygen atoms in total. The van der Waals surface area contributed by atoms with E-state index in [1.807, 2.05) is 6.07 Å². The zero-order valence-corrected chi connectivity index (χ0v) is 12.7. The van der Waals surface area contributed by atoms with Crippen LogP contribution in [0.2, 0.25) is 5.02 Å². The molecule has 1 N–H and O–H groups in total. The number of fused-ring (bicyclic) bond motifs is 1. The summed E-state index contributed by atoms with van der Waals surface area (Å²) in [5.41, 5.74) is 1.97. The van der Waals surface area contributed by atoms with E-state index in [4.69, 9.17) is 16.0 Å². The number of rotatable bonds is 6. The van der Waals surface area contributed by atoms with Gasteiger partial charge in [-0.05, 0) is 50.1 Å². The molecule has 0 fully saturated rings. The van der Waals surface area contributed by atoms with Crippen molar-refractivity contribution in [2.24, 2.45) is 0 Å². The van der Waals surface area contributed by atoms with Crippen LogP contribution in [0.15, 0.2) is 22.6 Å². The second kappa shape index (κ2) is 6.44. The molecule has 0 saturated heterocycles. The van der Waals surface area contributed by atoms with E-state index in [2.05, 4.69) is 38.2 Å². The largest absolute Gasteiger partial charge is 0.458 e. The third-order valence-electron chi connectivity index (χ3n) is 3.30. The van der Waals surface area contributed by atoms with Crippen molar-refractivity contribution in [3.05, 3.63) is 34.5 Å². The molecule has 19 heavy (non-hydrogen) atoms. The Hall–Kier alpha value is -0.990. The van der Waals surface area contributed by atoms with Crippen LogP contribution < -0.4 is 5.32 Å². The molecule has 2 rings (SSSR count).